The van der Waals surface area contributed by atoms with E-state index in [9.17, 15) is 18.0 Å². The molecule has 1 aliphatic heterocycles. The maximum atomic E-state index is 13.1. The fourth-order valence-electron chi connectivity index (χ4n) is 2.62. The lowest BCUT2D eigenvalue weighted by molar-refractivity contribution is -0.137. The van der Waals surface area contributed by atoms with E-state index in [4.69, 9.17) is 15.0 Å². The number of amides is 1. The van der Waals surface area contributed by atoms with Gasteiger partial charge < -0.3 is 15.0 Å². The summed E-state index contributed by atoms with van der Waals surface area (Å²) in [7, 11) is -0.915. The van der Waals surface area contributed by atoms with Crippen LogP contribution in [0.15, 0.2) is 18.2 Å². The van der Waals surface area contributed by atoms with Crippen molar-refractivity contribution in [1.82, 2.24) is 0 Å². The number of nitrogens with two attached hydrogens (primary N) is 1. The summed E-state index contributed by atoms with van der Waals surface area (Å²) in [6, 6.07) is 3.28. The zero-order valence-electron chi connectivity index (χ0n) is 12.5. The topological polar surface area (TPSA) is 61.5 Å². The Morgan fingerprint density at radius 2 is 2.05 bits per heavy atom. The van der Waals surface area contributed by atoms with Crippen LogP contribution in [-0.2, 0) is 15.5 Å². The Labute approximate surface area is 126 Å². The Morgan fingerprint density at radius 1 is 1.41 bits per heavy atom. The molecule has 1 amide bonds. The highest BCUT2D eigenvalue weighted by atomic mass is 19.4. The number of carbonyl (C=O) groups is 1. The monoisotopic (exact) mass is 315 g/mol. The fraction of sp³-hybridized carbons (Fsp3) is 0.500. The van der Waals surface area contributed by atoms with Gasteiger partial charge in [-0.05, 0) is 44.8 Å². The first-order chi connectivity index (χ1) is 9.99. The van der Waals surface area contributed by atoms with Crippen molar-refractivity contribution in [3.05, 3.63) is 29.3 Å². The maximum absolute atomic E-state index is 13.1. The molecule has 1 saturated heterocycles. The lowest BCUT2D eigenvalue weighted by Gasteiger charge is -2.38. The molecule has 0 aliphatic carbocycles. The van der Waals surface area contributed by atoms with Gasteiger partial charge in [-0.25, -0.2) is 0 Å². The quantitative estimate of drug-likeness (QED) is 0.850. The molecule has 1 aromatic carbocycles. The Bertz CT molecular complexity index is 589. The molecule has 4 nitrogen and oxygen atoms in total. The number of halogens is 3. The first-order valence-electron chi connectivity index (χ1n) is 6.84. The van der Waals surface area contributed by atoms with E-state index in [0.717, 1.165) is 12.1 Å². The van der Waals surface area contributed by atoms with E-state index in [-0.39, 0.29) is 11.6 Å². The van der Waals surface area contributed by atoms with Gasteiger partial charge >= 0.3 is 13.3 Å². The molecule has 1 heterocycles. The first-order valence-corrected chi connectivity index (χ1v) is 6.84. The van der Waals surface area contributed by atoms with Gasteiger partial charge in [0.25, 0.3) is 0 Å². The molecule has 0 spiro atoms. The summed E-state index contributed by atoms with van der Waals surface area (Å²) in [6.45, 7) is 5.53. The van der Waals surface area contributed by atoms with E-state index in [2.05, 4.69) is 0 Å². The number of alkyl halides is 3. The summed E-state index contributed by atoms with van der Waals surface area (Å²) in [5, 5.41) is 0. The van der Waals surface area contributed by atoms with Gasteiger partial charge in [0.1, 0.15) is 0 Å². The van der Waals surface area contributed by atoms with Crippen molar-refractivity contribution in [2.45, 2.75) is 45.1 Å². The molecule has 0 radical (unpaired) electrons. The molecule has 1 aromatic rings. The summed E-state index contributed by atoms with van der Waals surface area (Å²) < 4.78 is 50.5. The van der Waals surface area contributed by atoms with Crippen LogP contribution in [0.2, 0.25) is 0 Å². The van der Waals surface area contributed by atoms with Gasteiger partial charge in [0, 0.05) is 6.10 Å². The van der Waals surface area contributed by atoms with Crippen LogP contribution in [0.25, 0.3) is 0 Å². The molecular weight excluding hydrogens is 298 g/mol. The van der Waals surface area contributed by atoms with Gasteiger partial charge in [-0.3, -0.25) is 4.79 Å². The average molecular weight is 315 g/mol. The molecule has 0 aromatic heterocycles. The van der Waals surface area contributed by atoms with Crippen LogP contribution >= 0.6 is 0 Å². The van der Waals surface area contributed by atoms with Crippen LogP contribution in [0.5, 0.6) is 0 Å². The second-order valence-corrected chi connectivity index (χ2v) is 6.03. The zero-order valence-corrected chi connectivity index (χ0v) is 12.5. The average Bonchev–Trinajstić information content (AvgIpc) is 2.34. The van der Waals surface area contributed by atoms with Gasteiger partial charge in [0.2, 0.25) is 5.91 Å². The smallest absolute Gasteiger partial charge is 0.405 e. The third-order valence-electron chi connectivity index (χ3n) is 3.45. The number of benzene rings is 1. The van der Waals surface area contributed by atoms with Gasteiger partial charge in [0.05, 0.1) is 16.7 Å². The van der Waals surface area contributed by atoms with Crippen molar-refractivity contribution < 1.29 is 27.3 Å². The number of hydrogen-bond acceptors (Lipinski definition) is 3. The normalized spacial score (nSPS) is 21.7. The molecule has 0 saturated carbocycles. The summed E-state index contributed by atoms with van der Waals surface area (Å²) in [5.41, 5.74) is 3.05. The zero-order chi connectivity index (χ0) is 16.7. The predicted molar refractivity (Wildman–Crippen MR) is 75.7 cm³/mol. The Balaban J connectivity index is 2.42. The van der Waals surface area contributed by atoms with E-state index < -0.39 is 35.9 Å². The summed E-state index contributed by atoms with van der Waals surface area (Å²) >= 11 is 0. The lowest BCUT2D eigenvalue weighted by atomic mass is 9.74. The van der Waals surface area contributed by atoms with Crippen LogP contribution in [0.1, 0.15) is 43.1 Å². The molecule has 120 valence electrons. The highest BCUT2D eigenvalue weighted by Crippen LogP contribution is 2.32. The van der Waals surface area contributed by atoms with E-state index in [1.165, 1.54) is 6.07 Å². The Kier molecular flexibility index (Phi) is 4.27. The van der Waals surface area contributed by atoms with Crippen LogP contribution < -0.4 is 11.2 Å². The van der Waals surface area contributed by atoms with Crippen LogP contribution in [-0.4, -0.2) is 24.7 Å². The van der Waals surface area contributed by atoms with Crippen LogP contribution in [0, 0.1) is 0 Å². The fourth-order valence-corrected chi connectivity index (χ4v) is 2.62. The maximum Gasteiger partial charge on any atom is 0.494 e. The summed E-state index contributed by atoms with van der Waals surface area (Å²) in [6.07, 6.45) is -4.20. The van der Waals surface area contributed by atoms with Gasteiger partial charge in [-0.15, -0.1) is 0 Å². The highest BCUT2D eigenvalue weighted by molar-refractivity contribution is 6.61. The van der Waals surface area contributed by atoms with E-state index in [1.807, 2.05) is 20.8 Å². The second-order valence-electron chi connectivity index (χ2n) is 6.03. The number of hydrogen-bond donors (Lipinski definition) is 1. The van der Waals surface area contributed by atoms with Crippen LogP contribution in [0.4, 0.5) is 13.2 Å². The predicted octanol–water partition coefficient (Wildman–Crippen LogP) is 2.10. The molecule has 8 heteroatoms. The van der Waals surface area contributed by atoms with E-state index >= 15 is 0 Å². The van der Waals surface area contributed by atoms with Crippen LogP contribution in [0.3, 0.4) is 0 Å². The minimum atomic E-state index is -4.68. The minimum absolute atomic E-state index is 0.154. The number of rotatable bonds is 2. The molecule has 1 atom stereocenters. The molecule has 1 fully saturated rings. The number of carbonyl (C=O) groups excluding carboxylic acids is 1. The molecular formula is C14H17BF3NO3. The standard InChI is InChI=1S/C14H17BF3NO3/c1-8-7-13(2,3)22-15(21-8)9-4-5-10(12(19)20)11(6-9)14(16,17)18/h4-6,8H,7H2,1-3H3,(H2,19,20). The van der Waals surface area contributed by atoms with Crippen molar-refractivity contribution in [2.24, 2.45) is 5.73 Å². The summed E-state index contributed by atoms with van der Waals surface area (Å²) in [4.78, 5) is 11.2. The number of primary amides is 1. The molecule has 2 N–H and O–H groups in total. The second kappa shape index (κ2) is 5.59. The minimum Gasteiger partial charge on any atom is -0.405 e. The summed E-state index contributed by atoms with van der Waals surface area (Å²) in [5.74, 6) is -1.13. The Morgan fingerprint density at radius 3 is 2.55 bits per heavy atom. The van der Waals surface area contributed by atoms with Crippen molar-refractivity contribution >= 4 is 18.5 Å². The molecule has 2 rings (SSSR count). The molecule has 22 heavy (non-hydrogen) atoms. The van der Waals surface area contributed by atoms with Gasteiger partial charge in [0.15, 0.2) is 0 Å². The highest BCUT2D eigenvalue weighted by Gasteiger charge is 2.41. The first kappa shape index (κ1) is 16.8. The van der Waals surface area contributed by atoms with Crippen molar-refractivity contribution in [3.63, 3.8) is 0 Å². The lowest BCUT2D eigenvalue weighted by Crippen LogP contribution is -2.52. The third kappa shape index (κ3) is 3.62. The van der Waals surface area contributed by atoms with Crippen molar-refractivity contribution in [2.75, 3.05) is 0 Å². The van der Waals surface area contributed by atoms with E-state index in [1.54, 1.807) is 0 Å². The molecule has 1 aliphatic rings. The molecule has 0 bridgehead atoms. The van der Waals surface area contributed by atoms with Crippen molar-refractivity contribution in [3.8, 4) is 0 Å². The van der Waals surface area contributed by atoms with Gasteiger partial charge in [-0.1, -0.05) is 6.07 Å². The molecule has 1 unspecified atom stereocenters. The Hall–Kier alpha value is -1.54. The van der Waals surface area contributed by atoms with E-state index in [0.29, 0.717) is 6.42 Å². The van der Waals surface area contributed by atoms with Crippen molar-refractivity contribution in [1.29, 1.82) is 0 Å². The largest absolute Gasteiger partial charge is 0.494 e. The third-order valence-corrected chi connectivity index (χ3v) is 3.45. The SMILES string of the molecule is CC1CC(C)(C)OB(c2ccc(C(N)=O)c(C(F)(F)F)c2)O1. The van der Waals surface area contributed by atoms with Gasteiger partial charge in [-0.2, -0.15) is 13.2 Å².